The van der Waals surface area contributed by atoms with E-state index in [4.69, 9.17) is 9.47 Å². The zero-order valence-corrected chi connectivity index (χ0v) is 19.3. The third-order valence-corrected chi connectivity index (χ3v) is 6.70. The molecule has 5 nitrogen and oxygen atoms in total. The Morgan fingerprint density at radius 1 is 1.06 bits per heavy atom. The zero-order chi connectivity index (χ0) is 22.6. The maximum absolute atomic E-state index is 12.3. The van der Waals surface area contributed by atoms with E-state index in [-0.39, 0.29) is 17.8 Å². The molecule has 5 rings (SSSR count). The number of aliphatic imine (C=N–C) groups is 1. The Kier molecular flexibility index (Phi) is 6.47. The maximum atomic E-state index is 12.3. The van der Waals surface area contributed by atoms with Crippen LogP contribution < -0.4 is 14.4 Å². The SMILES string of the molecule is C[C@H](CC(=O)C1=NCC=C1)c1ccc(O[C@@H]2CCN(c3ccc(OCC4CC4)cc3)C2)cc1. The molecule has 2 fully saturated rings. The highest BCUT2D eigenvalue weighted by molar-refractivity contribution is 6.44. The molecule has 0 N–H and O–H groups in total. The fourth-order valence-electron chi connectivity index (χ4n) is 4.43. The summed E-state index contributed by atoms with van der Waals surface area (Å²) < 4.78 is 12.1. The number of allylic oxidation sites excluding steroid dienone is 1. The second kappa shape index (κ2) is 9.82. The molecular formula is C28H32N2O3. The van der Waals surface area contributed by atoms with Crippen molar-refractivity contribution in [2.24, 2.45) is 10.9 Å². The highest BCUT2D eigenvalue weighted by Gasteiger charge is 2.25. The molecule has 3 aliphatic rings. The summed E-state index contributed by atoms with van der Waals surface area (Å²) in [7, 11) is 0. The number of benzene rings is 2. The molecule has 0 unspecified atom stereocenters. The second-order valence-electron chi connectivity index (χ2n) is 9.45. The number of carbonyl (C=O) groups is 1. The fraction of sp³-hybridized carbons (Fsp3) is 0.429. The van der Waals surface area contributed by atoms with Crippen LogP contribution in [0.4, 0.5) is 5.69 Å². The number of carbonyl (C=O) groups excluding carboxylic acids is 1. The van der Waals surface area contributed by atoms with Crippen molar-refractivity contribution < 1.29 is 14.3 Å². The van der Waals surface area contributed by atoms with Crippen molar-refractivity contribution in [1.82, 2.24) is 0 Å². The van der Waals surface area contributed by atoms with Crippen LogP contribution in [0, 0.1) is 5.92 Å². The van der Waals surface area contributed by atoms with Gasteiger partial charge in [-0.1, -0.05) is 25.1 Å². The van der Waals surface area contributed by atoms with E-state index < -0.39 is 0 Å². The molecule has 0 radical (unpaired) electrons. The van der Waals surface area contributed by atoms with E-state index in [1.54, 1.807) is 0 Å². The number of rotatable bonds is 10. The van der Waals surface area contributed by atoms with Crippen LogP contribution in [0.15, 0.2) is 65.7 Å². The molecule has 2 atom stereocenters. The van der Waals surface area contributed by atoms with Gasteiger partial charge in [0.1, 0.15) is 23.3 Å². The molecule has 172 valence electrons. The third-order valence-electron chi connectivity index (χ3n) is 6.70. The summed E-state index contributed by atoms with van der Waals surface area (Å²) in [6, 6.07) is 16.7. The first-order valence-electron chi connectivity index (χ1n) is 12.1. The van der Waals surface area contributed by atoms with Gasteiger partial charge in [0.05, 0.1) is 19.7 Å². The monoisotopic (exact) mass is 444 g/mol. The van der Waals surface area contributed by atoms with Crippen LogP contribution in [-0.2, 0) is 4.79 Å². The van der Waals surface area contributed by atoms with Gasteiger partial charge >= 0.3 is 0 Å². The number of hydrogen-bond acceptors (Lipinski definition) is 5. The van der Waals surface area contributed by atoms with E-state index in [2.05, 4.69) is 53.2 Å². The molecule has 33 heavy (non-hydrogen) atoms. The van der Waals surface area contributed by atoms with Gasteiger partial charge in [0.15, 0.2) is 5.78 Å². The smallest absolute Gasteiger partial charge is 0.181 e. The van der Waals surface area contributed by atoms with Crippen LogP contribution in [0.25, 0.3) is 0 Å². The predicted octanol–water partition coefficient (Wildman–Crippen LogP) is 5.21. The van der Waals surface area contributed by atoms with Gasteiger partial charge in [-0.25, -0.2) is 0 Å². The van der Waals surface area contributed by atoms with Crippen molar-refractivity contribution in [2.75, 3.05) is 31.1 Å². The normalized spacial score (nSPS) is 20.6. The Morgan fingerprint density at radius 2 is 1.82 bits per heavy atom. The lowest BCUT2D eigenvalue weighted by Gasteiger charge is -2.20. The summed E-state index contributed by atoms with van der Waals surface area (Å²) in [6.45, 7) is 5.43. The summed E-state index contributed by atoms with van der Waals surface area (Å²) >= 11 is 0. The standard InChI is InChI=1S/C28H32N2O3/c1-20(17-28(31)27-3-2-15-29-27)22-6-10-25(11-7-22)33-26-14-16-30(18-26)23-8-12-24(13-9-23)32-19-21-4-5-21/h2-3,6-13,20-21,26H,4-5,14-19H2,1H3/t20-,26-/m1/s1. The Hall–Kier alpha value is -3.08. The number of ether oxygens (including phenoxy) is 2. The van der Waals surface area contributed by atoms with Crippen LogP contribution in [-0.4, -0.2) is 43.8 Å². The Labute approximate surface area is 196 Å². The highest BCUT2D eigenvalue weighted by atomic mass is 16.5. The molecule has 2 aliphatic heterocycles. The fourth-order valence-corrected chi connectivity index (χ4v) is 4.43. The summed E-state index contributed by atoms with van der Waals surface area (Å²) in [5, 5.41) is 0. The Balaban J connectivity index is 1.10. The van der Waals surface area contributed by atoms with Gasteiger partial charge in [0.25, 0.3) is 0 Å². The minimum Gasteiger partial charge on any atom is -0.493 e. The highest BCUT2D eigenvalue weighted by Crippen LogP contribution is 2.31. The molecule has 2 heterocycles. The van der Waals surface area contributed by atoms with Crippen molar-refractivity contribution in [2.45, 2.75) is 44.6 Å². The molecule has 2 aromatic rings. The molecule has 1 aliphatic carbocycles. The average Bonchev–Trinajstić information content (AvgIpc) is 3.29. The quantitative estimate of drug-likeness (QED) is 0.505. The van der Waals surface area contributed by atoms with E-state index in [1.165, 1.54) is 18.5 Å². The lowest BCUT2D eigenvalue weighted by molar-refractivity contribution is -0.113. The Bertz CT molecular complexity index is 1020. The molecule has 2 aromatic carbocycles. The first-order chi connectivity index (χ1) is 16.1. The van der Waals surface area contributed by atoms with Gasteiger partial charge in [0.2, 0.25) is 0 Å². The van der Waals surface area contributed by atoms with Gasteiger partial charge in [-0.3, -0.25) is 9.79 Å². The molecule has 0 amide bonds. The number of ketones is 1. The predicted molar refractivity (Wildman–Crippen MR) is 132 cm³/mol. The maximum Gasteiger partial charge on any atom is 0.181 e. The molecule has 1 saturated heterocycles. The zero-order valence-electron chi connectivity index (χ0n) is 19.3. The van der Waals surface area contributed by atoms with Gasteiger partial charge in [-0.2, -0.15) is 0 Å². The van der Waals surface area contributed by atoms with Gasteiger partial charge in [-0.15, -0.1) is 0 Å². The van der Waals surface area contributed by atoms with Crippen LogP contribution in [0.1, 0.15) is 44.1 Å². The van der Waals surface area contributed by atoms with Crippen molar-refractivity contribution in [3.8, 4) is 11.5 Å². The second-order valence-corrected chi connectivity index (χ2v) is 9.45. The van der Waals surface area contributed by atoms with Crippen molar-refractivity contribution in [3.05, 3.63) is 66.2 Å². The van der Waals surface area contributed by atoms with Crippen LogP contribution in [0.3, 0.4) is 0 Å². The summed E-state index contributed by atoms with van der Waals surface area (Å²) in [4.78, 5) is 18.9. The first kappa shape index (κ1) is 21.7. The molecule has 0 spiro atoms. The van der Waals surface area contributed by atoms with E-state index >= 15 is 0 Å². The van der Waals surface area contributed by atoms with Crippen LogP contribution in [0.2, 0.25) is 0 Å². The van der Waals surface area contributed by atoms with Crippen molar-refractivity contribution >= 4 is 17.2 Å². The van der Waals surface area contributed by atoms with E-state index in [0.717, 1.165) is 49.1 Å². The lowest BCUT2D eigenvalue weighted by atomic mass is 9.94. The summed E-state index contributed by atoms with van der Waals surface area (Å²) in [6.07, 6.45) is 8.02. The minimum absolute atomic E-state index is 0.116. The first-order valence-corrected chi connectivity index (χ1v) is 12.1. The number of anilines is 1. The van der Waals surface area contributed by atoms with Gasteiger partial charge < -0.3 is 14.4 Å². The third kappa shape index (κ3) is 5.65. The average molecular weight is 445 g/mol. The lowest BCUT2D eigenvalue weighted by Crippen LogP contribution is -2.24. The Morgan fingerprint density at radius 3 is 2.52 bits per heavy atom. The van der Waals surface area contributed by atoms with E-state index in [0.29, 0.717) is 18.7 Å². The number of nitrogens with zero attached hydrogens (tertiary/aromatic N) is 2. The van der Waals surface area contributed by atoms with Crippen molar-refractivity contribution in [1.29, 1.82) is 0 Å². The summed E-state index contributed by atoms with van der Waals surface area (Å²) in [5.74, 6) is 2.88. The molecule has 5 heteroatoms. The molecule has 0 aromatic heterocycles. The minimum atomic E-state index is 0.116. The largest absolute Gasteiger partial charge is 0.493 e. The topological polar surface area (TPSA) is 51.1 Å². The van der Waals surface area contributed by atoms with Crippen LogP contribution in [0.5, 0.6) is 11.5 Å². The molecule has 1 saturated carbocycles. The van der Waals surface area contributed by atoms with Gasteiger partial charge in [-0.05, 0) is 72.7 Å². The molecular weight excluding hydrogens is 412 g/mol. The van der Waals surface area contributed by atoms with Crippen LogP contribution >= 0.6 is 0 Å². The summed E-state index contributed by atoms with van der Waals surface area (Å²) in [5.41, 5.74) is 2.97. The number of hydrogen-bond donors (Lipinski definition) is 0. The van der Waals surface area contributed by atoms with E-state index in [9.17, 15) is 4.79 Å². The van der Waals surface area contributed by atoms with Gasteiger partial charge in [0, 0.05) is 25.1 Å². The number of Topliss-reactive ketones (excluding diaryl/α,β-unsaturated/α-hetero) is 1. The van der Waals surface area contributed by atoms with Crippen molar-refractivity contribution in [3.63, 3.8) is 0 Å². The van der Waals surface area contributed by atoms with E-state index in [1.807, 2.05) is 24.3 Å². The molecule has 0 bridgehead atoms.